The molecule has 4 nitrogen and oxygen atoms in total. The molecule has 0 spiro atoms. The highest BCUT2D eigenvalue weighted by atomic mass is 16.3. The molecule has 0 aliphatic rings. The standard InChI is InChI=1S/C14H22N2O2/c1-12(15-14(18)16(2)10-11-17)8-9-13-6-4-3-5-7-13/h3-7,12,17H,8-11H2,1-2H3,(H,15,18). The number of carbonyl (C=O) groups excluding carboxylic acids is 1. The molecular weight excluding hydrogens is 228 g/mol. The quantitative estimate of drug-likeness (QED) is 0.806. The van der Waals surface area contributed by atoms with E-state index < -0.39 is 0 Å². The van der Waals surface area contributed by atoms with Crippen LogP contribution in [-0.2, 0) is 6.42 Å². The van der Waals surface area contributed by atoms with Gasteiger partial charge in [-0.15, -0.1) is 0 Å². The van der Waals surface area contributed by atoms with Gasteiger partial charge in [0.25, 0.3) is 0 Å². The molecule has 1 unspecified atom stereocenters. The largest absolute Gasteiger partial charge is 0.395 e. The molecule has 0 saturated carbocycles. The highest BCUT2D eigenvalue weighted by Gasteiger charge is 2.11. The Labute approximate surface area is 109 Å². The summed E-state index contributed by atoms with van der Waals surface area (Å²) < 4.78 is 0. The SMILES string of the molecule is CC(CCc1ccccc1)NC(=O)N(C)CCO. The third kappa shape index (κ3) is 5.19. The van der Waals surface area contributed by atoms with E-state index in [2.05, 4.69) is 17.4 Å². The Morgan fingerprint density at radius 2 is 2.06 bits per heavy atom. The van der Waals surface area contributed by atoms with Crippen molar-refractivity contribution in [2.24, 2.45) is 0 Å². The number of carbonyl (C=O) groups is 1. The van der Waals surface area contributed by atoms with Gasteiger partial charge < -0.3 is 15.3 Å². The monoisotopic (exact) mass is 250 g/mol. The second-order valence-electron chi connectivity index (χ2n) is 4.52. The molecule has 0 fully saturated rings. The Morgan fingerprint density at radius 1 is 1.39 bits per heavy atom. The fourth-order valence-corrected chi connectivity index (χ4v) is 1.67. The molecule has 100 valence electrons. The maximum atomic E-state index is 11.7. The second-order valence-corrected chi connectivity index (χ2v) is 4.52. The number of amides is 2. The number of nitrogens with one attached hydrogen (secondary N) is 1. The molecular formula is C14H22N2O2. The van der Waals surface area contributed by atoms with Crippen molar-refractivity contribution < 1.29 is 9.90 Å². The van der Waals surface area contributed by atoms with Crippen LogP contribution < -0.4 is 5.32 Å². The van der Waals surface area contributed by atoms with E-state index >= 15 is 0 Å². The summed E-state index contributed by atoms with van der Waals surface area (Å²) in [5.41, 5.74) is 1.28. The van der Waals surface area contributed by atoms with Crippen LogP contribution >= 0.6 is 0 Å². The van der Waals surface area contributed by atoms with Crippen LogP contribution in [0.4, 0.5) is 4.79 Å². The minimum atomic E-state index is -0.135. The summed E-state index contributed by atoms with van der Waals surface area (Å²) in [4.78, 5) is 13.1. The highest BCUT2D eigenvalue weighted by molar-refractivity contribution is 5.74. The van der Waals surface area contributed by atoms with E-state index in [-0.39, 0.29) is 18.7 Å². The van der Waals surface area contributed by atoms with Crippen LogP contribution in [0, 0.1) is 0 Å². The number of aliphatic hydroxyl groups is 1. The molecule has 0 aliphatic carbocycles. The number of aryl methyl sites for hydroxylation is 1. The van der Waals surface area contributed by atoms with E-state index in [0.717, 1.165) is 12.8 Å². The average molecular weight is 250 g/mol. The van der Waals surface area contributed by atoms with Gasteiger partial charge in [0.1, 0.15) is 0 Å². The summed E-state index contributed by atoms with van der Waals surface area (Å²) in [5, 5.41) is 11.7. The van der Waals surface area contributed by atoms with E-state index in [4.69, 9.17) is 5.11 Å². The predicted molar refractivity (Wildman–Crippen MR) is 72.5 cm³/mol. The van der Waals surface area contributed by atoms with Gasteiger partial charge in [-0.25, -0.2) is 4.79 Å². The molecule has 0 bridgehead atoms. The van der Waals surface area contributed by atoms with Crippen LogP contribution in [-0.4, -0.2) is 42.3 Å². The molecule has 0 aromatic heterocycles. The van der Waals surface area contributed by atoms with Crippen molar-refractivity contribution in [3.63, 3.8) is 0 Å². The van der Waals surface area contributed by atoms with Gasteiger partial charge in [-0.2, -0.15) is 0 Å². The smallest absolute Gasteiger partial charge is 0.317 e. The Balaban J connectivity index is 2.29. The van der Waals surface area contributed by atoms with Crippen LogP contribution in [0.3, 0.4) is 0 Å². The zero-order valence-corrected chi connectivity index (χ0v) is 11.1. The lowest BCUT2D eigenvalue weighted by molar-refractivity contribution is 0.187. The van der Waals surface area contributed by atoms with Crippen molar-refractivity contribution in [3.8, 4) is 0 Å². The fourth-order valence-electron chi connectivity index (χ4n) is 1.67. The summed E-state index contributed by atoms with van der Waals surface area (Å²) in [5.74, 6) is 0. The van der Waals surface area contributed by atoms with Gasteiger partial charge in [0.15, 0.2) is 0 Å². The molecule has 0 heterocycles. The molecule has 1 aromatic rings. The summed E-state index contributed by atoms with van der Waals surface area (Å²) >= 11 is 0. The van der Waals surface area contributed by atoms with E-state index in [1.807, 2.05) is 25.1 Å². The Bertz CT molecular complexity index is 354. The van der Waals surface area contributed by atoms with Crippen molar-refractivity contribution in [1.29, 1.82) is 0 Å². The average Bonchev–Trinajstić information content (AvgIpc) is 2.38. The third-order valence-electron chi connectivity index (χ3n) is 2.86. The van der Waals surface area contributed by atoms with Gasteiger partial charge >= 0.3 is 6.03 Å². The maximum Gasteiger partial charge on any atom is 0.317 e. The number of hydrogen-bond acceptors (Lipinski definition) is 2. The summed E-state index contributed by atoms with van der Waals surface area (Å²) in [6.45, 7) is 2.34. The van der Waals surface area contributed by atoms with Crippen molar-refractivity contribution in [2.45, 2.75) is 25.8 Å². The first-order valence-corrected chi connectivity index (χ1v) is 6.30. The molecule has 0 radical (unpaired) electrons. The van der Waals surface area contributed by atoms with Crippen LogP contribution in [0.1, 0.15) is 18.9 Å². The van der Waals surface area contributed by atoms with Crippen LogP contribution in [0.2, 0.25) is 0 Å². The van der Waals surface area contributed by atoms with E-state index in [1.54, 1.807) is 7.05 Å². The minimum Gasteiger partial charge on any atom is -0.395 e. The highest BCUT2D eigenvalue weighted by Crippen LogP contribution is 2.04. The first-order valence-electron chi connectivity index (χ1n) is 6.30. The van der Waals surface area contributed by atoms with Gasteiger partial charge in [-0.1, -0.05) is 30.3 Å². The molecule has 18 heavy (non-hydrogen) atoms. The van der Waals surface area contributed by atoms with Gasteiger partial charge in [-0.3, -0.25) is 0 Å². The second kappa shape index (κ2) is 7.71. The lowest BCUT2D eigenvalue weighted by atomic mass is 10.1. The van der Waals surface area contributed by atoms with Crippen LogP contribution in [0.5, 0.6) is 0 Å². The molecule has 0 saturated heterocycles. The Hall–Kier alpha value is -1.55. The van der Waals surface area contributed by atoms with Crippen molar-refractivity contribution in [3.05, 3.63) is 35.9 Å². The number of hydrogen-bond donors (Lipinski definition) is 2. The zero-order valence-electron chi connectivity index (χ0n) is 11.1. The van der Waals surface area contributed by atoms with Gasteiger partial charge in [0.2, 0.25) is 0 Å². The Kier molecular flexibility index (Phi) is 6.22. The Morgan fingerprint density at radius 3 is 2.67 bits per heavy atom. The number of rotatable bonds is 6. The summed E-state index contributed by atoms with van der Waals surface area (Å²) in [6.07, 6.45) is 1.86. The van der Waals surface area contributed by atoms with E-state index in [1.165, 1.54) is 10.5 Å². The first-order chi connectivity index (χ1) is 8.63. The summed E-state index contributed by atoms with van der Waals surface area (Å²) in [7, 11) is 1.68. The molecule has 2 N–H and O–H groups in total. The van der Waals surface area contributed by atoms with Gasteiger partial charge in [0.05, 0.1) is 6.61 Å². The van der Waals surface area contributed by atoms with Gasteiger partial charge in [0, 0.05) is 19.6 Å². The molecule has 2 amide bonds. The number of aliphatic hydroxyl groups excluding tert-OH is 1. The topological polar surface area (TPSA) is 52.6 Å². The predicted octanol–water partition coefficient (Wildman–Crippen LogP) is 1.64. The first kappa shape index (κ1) is 14.5. The zero-order chi connectivity index (χ0) is 13.4. The summed E-state index contributed by atoms with van der Waals surface area (Å²) in [6, 6.07) is 10.2. The number of likely N-dealkylation sites (N-methyl/N-ethyl adjacent to an activating group) is 1. The molecule has 0 aliphatic heterocycles. The normalized spacial score (nSPS) is 11.9. The van der Waals surface area contributed by atoms with Crippen molar-refractivity contribution in [2.75, 3.05) is 20.2 Å². The lowest BCUT2D eigenvalue weighted by Gasteiger charge is -2.20. The lowest BCUT2D eigenvalue weighted by Crippen LogP contribution is -2.43. The van der Waals surface area contributed by atoms with Crippen LogP contribution in [0.25, 0.3) is 0 Å². The van der Waals surface area contributed by atoms with E-state index in [9.17, 15) is 4.79 Å². The molecule has 1 atom stereocenters. The van der Waals surface area contributed by atoms with Crippen molar-refractivity contribution >= 4 is 6.03 Å². The maximum absolute atomic E-state index is 11.7. The number of benzene rings is 1. The molecule has 4 heteroatoms. The van der Waals surface area contributed by atoms with Crippen molar-refractivity contribution in [1.82, 2.24) is 10.2 Å². The molecule has 1 aromatic carbocycles. The van der Waals surface area contributed by atoms with E-state index in [0.29, 0.717) is 6.54 Å². The van der Waals surface area contributed by atoms with Gasteiger partial charge in [-0.05, 0) is 25.3 Å². The fraction of sp³-hybridized carbons (Fsp3) is 0.500. The molecule has 1 rings (SSSR count). The number of urea groups is 1. The third-order valence-corrected chi connectivity index (χ3v) is 2.86. The van der Waals surface area contributed by atoms with Crippen LogP contribution in [0.15, 0.2) is 30.3 Å². The minimum absolute atomic E-state index is 0.0116. The number of nitrogens with zero attached hydrogens (tertiary/aromatic N) is 1.